The zero-order chi connectivity index (χ0) is 27.0. The molecule has 7 nitrogen and oxygen atoms in total. The van der Waals surface area contributed by atoms with Crippen LogP contribution in [-0.2, 0) is 22.6 Å². The van der Waals surface area contributed by atoms with Crippen LogP contribution in [0, 0.1) is 0 Å². The largest absolute Gasteiger partial charge is 0.478 e. The number of carbonyl (C=O) groups excluding carboxylic acids is 2. The fourth-order valence-electron chi connectivity index (χ4n) is 4.88. The zero-order valence-corrected chi connectivity index (χ0v) is 21.7. The summed E-state index contributed by atoms with van der Waals surface area (Å²) < 4.78 is 2.15. The van der Waals surface area contributed by atoms with E-state index in [4.69, 9.17) is 4.98 Å². The number of carbonyl (C=O) groups is 3. The van der Waals surface area contributed by atoms with Crippen LogP contribution in [0.25, 0.3) is 22.2 Å². The number of hydrogen-bond donors (Lipinski definition) is 1. The molecule has 0 bridgehead atoms. The highest BCUT2D eigenvalue weighted by molar-refractivity contribution is 6.32. The maximum Gasteiger partial charge on any atom is 0.336 e. The Kier molecular flexibility index (Phi) is 6.68. The van der Waals surface area contributed by atoms with Crippen molar-refractivity contribution in [1.82, 2.24) is 9.55 Å². The van der Waals surface area contributed by atoms with E-state index in [0.29, 0.717) is 28.9 Å². The van der Waals surface area contributed by atoms with Gasteiger partial charge in [0.15, 0.2) is 0 Å². The van der Waals surface area contributed by atoms with Crippen LogP contribution in [0.3, 0.4) is 0 Å². The van der Waals surface area contributed by atoms with Crippen LogP contribution in [0.15, 0.2) is 77.9 Å². The average Bonchev–Trinajstić information content (AvgIpc) is 3.36. The molecule has 192 valence electrons. The van der Waals surface area contributed by atoms with Gasteiger partial charge in [0, 0.05) is 24.1 Å². The van der Waals surface area contributed by atoms with Gasteiger partial charge in [-0.3, -0.25) is 9.59 Å². The molecule has 0 atom stereocenters. The fraction of sp³-hybridized carbons (Fsp3) is 0.226. The Labute approximate surface area is 221 Å². The van der Waals surface area contributed by atoms with Crippen molar-refractivity contribution >= 4 is 34.5 Å². The summed E-state index contributed by atoms with van der Waals surface area (Å²) in [6, 6.07) is 20.4. The molecule has 0 radical (unpaired) electrons. The van der Waals surface area contributed by atoms with Crippen molar-refractivity contribution in [3.8, 4) is 11.1 Å². The monoisotopic (exact) mass is 507 g/mol. The Bertz CT molecular complexity index is 1590. The summed E-state index contributed by atoms with van der Waals surface area (Å²) in [5.74, 6) is -0.590. The molecule has 3 aromatic carbocycles. The molecule has 0 saturated carbocycles. The van der Waals surface area contributed by atoms with Crippen molar-refractivity contribution < 1.29 is 19.5 Å². The van der Waals surface area contributed by atoms with Crippen molar-refractivity contribution in [3.63, 3.8) is 0 Å². The third kappa shape index (κ3) is 4.41. The first-order valence-corrected chi connectivity index (χ1v) is 12.8. The molecule has 5 rings (SSSR count). The van der Waals surface area contributed by atoms with Crippen molar-refractivity contribution in [2.45, 2.75) is 46.6 Å². The summed E-state index contributed by atoms with van der Waals surface area (Å²) >= 11 is 0. The van der Waals surface area contributed by atoms with Crippen LogP contribution < -0.4 is 4.90 Å². The topological polar surface area (TPSA) is 92.5 Å². The van der Waals surface area contributed by atoms with Crippen LogP contribution in [-0.4, -0.2) is 32.4 Å². The Hall–Kier alpha value is -4.52. The Morgan fingerprint density at radius 2 is 1.61 bits per heavy atom. The molecule has 0 unspecified atom stereocenters. The number of hydrogen-bond acceptors (Lipinski definition) is 4. The van der Waals surface area contributed by atoms with Gasteiger partial charge in [-0.1, -0.05) is 55.8 Å². The molecule has 1 aromatic heterocycles. The second kappa shape index (κ2) is 10.1. The lowest BCUT2D eigenvalue weighted by Gasteiger charge is -2.16. The fourth-order valence-corrected chi connectivity index (χ4v) is 4.88. The number of imidazole rings is 1. The minimum atomic E-state index is -0.957. The quantitative estimate of drug-likeness (QED) is 0.295. The van der Waals surface area contributed by atoms with Crippen LogP contribution in [0.4, 0.5) is 5.69 Å². The molecule has 1 aliphatic rings. The maximum atomic E-state index is 12.8. The molecule has 1 aliphatic heterocycles. The van der Waals surface area contributed by atoms with Gasteiger partial charge in [-0.05, 0) is 61.2 Å². The number of aromatic nitrogens is 2. The van der Waals surface area contributed by atoms with Crippen molar-refractivity contribution in [2.24, 2.45) is 0 Å². The van der Waals surface area contributed by atoms with Crippen molar-refractivity contribution in [3.05, 3.63) is 94.8 Å². The standard InChI is InChI=1S/C31H29N3O4/c1-4-5-10-28-32-26-16-15-23(34-29(35)19(2)20(3)30(34)36)17-27(26)33(28)18-21-11-13-22(14-12-21)24-8-6-7-9-25(24)31(37)38/h6-9,11-17H,4-5,10,18H2,1-3H3,(H,37,38). The van der Waals surface area contributed by atoms with E-state index in [2.05, 4.69) is 11.5 Å². The van der Waals surface area contributed by atoms with Gasteiger partial charge in [0.05, 0.1) is 22.3 Å². The summed E-state index contributed by atoms with van der Waals surface area (Å²) in [5, 5.41) is 9.56. The predicted octanol–water partition coefficient (Wildman–Crippen LogP) is 6.00. The first kappa shape index (κ1) is 25.1. The number of imide groups is 1. The number of anilines is 1. The molecule has 0 spiro atoms. The third-order valence-electron chi connectivity index (χ3n) is 7.20. The first-order valence-electron chi connectivity index (χ1n) is 12.8. The summed E-state index contributed by atoms with van der Waals surface area (Å²) in [6.07, 6.45) is 2.84. The van der Waals surface area contributed by atoms with Gasteiger partial charge >= 0.3 is 5.97 Å². The SMILES string of the molecule is CCCCc1nc2ccc(N3C(=O)C(C)=C(C)C3=O)cc2n1Cc1ccc(-c2ccccc2C(=O)O)cc1. The van der Waals surface area contributed by atoms with E-state index < -0.39 is 5.97 Å². The smallest absolute Gasteiger partial charge is 0.336 e. The van der Waals surface area contributed by atoms with E-state index in [1.54, 1.807) is 32.0 Å². The van der Waals surface area contributed by atoms with Crippen molar-refractivity contribution in [1.29, 1.82) is 0 Å². The summed E-state index contributed by atoms with van der Waals surface area (Å²) in [7, 11) is 0. The van der Waals surface area contributed by atoms with E-state index in [9.17, 15) is 19.5 Å². The number of aryl methyl sites for hydroxylation is 1. The predicted molar refractivity (Wildman–Crippen MR) is 147 cm³/mol. The number of benzene rings is 3. The second-order valence-electron chi connectivity index (χ2n) is 9.63. The van der Waals surface area contributed by atoms with Crippen LogP contribution in [0.2, 0.25) is 0 Å². The number of carboxylic acids is 1. The molecule has 0 fully saturated rings. The second-order valence-corrected chi connectivity index (χ2v) is 9.63. The highest BCUT2D eigenvalue weighted by atomic mass is 16.4. The van der Waals surface area contributed by atoms with E-state index >= 15 is 0 Å². The van der Waals surface area contributed by atoms with Gasteiger partial charge < -0.3 is 9.67 Å². The third-order valence-corrected chi connectivity index (χ3v) is 7.20. The molecule has 38 heavy (non-hydrogen) atoms. The van der Waals surface area contributed by atoms with E-state index in [0.717, 1.165) is 47.2 Å². The van der Waals surface area contributed by atoms with Crippen molar-refractivity contribution in [2.75, 3.05) is 4.90 Å². The normalized spacial score (nSPS) is 13.7. The average molecular weight is 508 g/mol. The maximum absolute atomic E-state index is 12.8. The molecular weight excluding hydrogens is 478 g/mol. The van der Waals surface area contributed by atoms with Crippen LogP contribution in [0.1, 0.15) is 55.4 Å². The molecule has 7 heteroatoms. The number of aromatic carboxylic acids is 1. The Balaban J connectivity index is 1.52. The molecule has 0 saturated heterocycles. The molecule has 2 amide bonds. The zero-order valence-electron chi connectivity index (χ0n) is 21.7. The highest BCUT2D eigenvalue weighted by Crippen LogP contribution is 2.31. The summed E-state index contributed by atoms with van der Waals surface area (Å²) in [6.45, 7) is 6.05. The van der Waals surface area contributed by atoms with Gasteiger partial charge in [-0.15, -0.1) is 0 Å². The number of rotatable bonds is 8. The van der Waals surface area contributed by atoms with Gasteiger partial charge in [0.25, 0.3) is 11.8 Å². The minimum Gasteiger partial charge on any atom is -0.478 e. The first-order chi connectivity index (χ1) is 18.3. The van der Waals surface area contributed by atoms with Gasteiger partial charge in [0.2, 0.25) is 0 Å². The number of unbranched alkanes of at least 4 members (excludes halogenated alkanes) is 1. The number of fused-ring (bicyclic) bond motifs is 1. The lowest BCUT2D eigenvalue weighted by molar-refractivity contribution is -0.120. The summed E-state index contributed by atoms with van der Waals surface area (Å²) in [4.78, 5) is 43.4. The van der Waals surface area contributed by atoms with Crippen LogP contribution in [0.5, 0.6) is 0 Å². The minimum absolute atomic E-state index is 0.265. The molecule has 0 aliphatic carbocycles. The lowest BCUT2D eigenvalue weighted by Crippen LogP contribution is -2.31. The molecule has 1 N–H and O–H groups in total. The lowest BCUT2D eigenvalue weighted by atomic mass is 9.99. The highest BCUT2D eigenvalue weighted by Gasteiger charge is 2.34. The number of amides is 2. The number of nitrogens with zero attached hydrogens (tertiary/aromatic N) is 3. The van der Waals surface area contributed by atoms with E-state index in [1.807, 2.05) is 48.5 Å². The summed E-state index contributed by atoms with van der Waals surface area (Å²) in [5.41, 5.74) is 5.95. The van der Waals surface area contributed by atoms with Gasteiger partial charge in [-0.25, -0.2) is 14.7 Å². The number of carboxylic acid groups (broad SMARTS) is 1. The Morgan fingerprint density at radius 1 is 0.921 bits per heavy atom. The van der Waals surface area contributed by atoms with Crippen LogP contribution >= 0.6 is 0 Å². The van der Waals surface area contributed by atoms with E-state index in [1.165, 1.54) is 4.90 Å². The molecule has 4 aromatic rings. The molecule has 2 heterocycles. The van der Waals surface area contributed by atoms with Gasteiger partial charge in [0.1, 0.15) is 5.82 Å². The molecular formula is C31H29N3O4. The van der Waals surface area contributed by atoms with Gasteiger partial charge in [-0.2, -0.15) is 0 Å². The van der Waals surface area contributed by atoms with E-state index in [-0.39, 0.29) is 17.4 Å². The Morgan fingerprint density at radius 3 is 2.26 bits per heavy atom.